The summed E-state index contributed by atoms with van der Waals surface area (Å²) < 4.78 is 0. The zero-order valence-corrected chi connectivity index (χ0v) is 13.1. The lowest BCUT2D eigenvalue weighted by molar-refractivity contribution is 0.0549. The summed E-state index contributed by atoms with van der Waals surface area (Å²) in [5, 5.41) is 10.4. The molecule has 0 saturated heterocycles. The highest BCUT2D eigenvalue weighted by atomic mass is 79.9. The van der Waals surface area contributed by atoms with Crippen molar-refractivity contribution in [1.82, 2.24) is 4.90 Å². The maximum absolute atomic E-state index is 9.29. The van der Waals surface area contributed by atoms with Gasteiger partial charge in [-0.2, -0.15) is 0 Å². The predicted molar refractivity (Wildman–Crippen MR) is 80.2 cm³/mol. The maximum atomic E-state index is 9.29. The number of alkyl halides is 1. The first-order valence-electron chi connectivity index (χ1n) is 7.70. The van der Waals surface area contributed by atoms with Gasteiger partial charge in [-0.15, -0.1) is 0 Å². The Bertz CT molecular complexity index is 235. The Balaban J connectivity index is 1.96. The van der Waals surface area contributed by atoms with Gasteiger partial charge < -0.3 is 5.11 Å². The third kappa shape index (κ3) is 3.71. The van der Waals surface area contributed by atoms with Crippen LogP contribution in [-0.2, 0) is 0 Å². The standard InChI is InChI=1S/C15H28BrNO/c16-12-15(8-3-1-2-4-9-15)13-17(10-11-18)14-6-5-7-14/h14,18H,1-13H2. The molecule has 0 amide bonds. The molecule has 0 aromatic heterocycles. The van der Waals surface area contributed by atoms with Gasteiger partial charge in [0.15, 0.2) is 0 Å². The van der Waals surface area contributed by atoms with Crippen LogP contribution in [0.4, 0.5) is 0 Å². The van der Waals surface area contributed by atoms with Gasteiger partial charge in [-0.05, 0) is 31.1 Å². The van der Waals surface area contributed by atoms with Gasteiger partial charge in [-0.25, -0.2) is 0 Å². The summed E-state index contributed by atoms with van der Waals surface area (Å²) in [7, 11) is 0. The molecule has 0 spiro atoms. The second-order valence-corrected chi connectivity index (χ2v) is 6.89. The zero-order valence-electron chi connectivity index (χ0n) is 11.5. The molecule has 106 valence electrons. The summed E-state index contributed by atoms with van der Waals surface area (Å²) in [5.41, 5.74) is 0.473. The third-order valence-corrected chi connectivity index (χ3v) is 6.15. The van der Waals surface area contributed by atoms with Crippen LogP contribution in [0.1, 0.15) is 57.8 Å². The fourth-order valence-electron chi connectivity index (χ4n) is 3.51. The van der Waals surface area contributed by atoms with Crippen molar-refractivity contribution in [2.24, 2.45) is 5.41 Å². The molecular formula is C15H28BrNO. The summed E-state index contributed by atoms with van der Waals surface area (Å²) in [6.45, 7) is 2.39. The number of aliphatic hydroxyl groups excluding tert-OH is 1. The Hall–Kier alpha value is 0.400. The van der Waals surface area contributed by atoms with E-state index in [-0.39, 0.29) is 0 Å². The van der Waals surface area contributed by atoms with E-state index >= 15 is 0 Å². The lowest BCUT2D eigenvalue weighted by Crippen LogP contribution is -2.48. The van der Waals surface area contributed by atoms with E-state index < -0.39 is 0 Å². The van der Waals surface area contributed by atoms with Crippen molar-refractivity contribution >= 4 is 15.9 Å². The Morgan fingerprint density at radius 1 is 1.06 bits per heavy atom. The highest BCUT2D eigenvalue weighted by molar-refractivity contribution is 9.09. The SMILES string of the molecule is OCCN(CC1(CBr)CCCCCC1)C1CCC1. The first kappa shape index (κ1) is 14.8. The third-order valence-electron chi connectivity index (χ3n) is 4.96. The average molecular weight is 318 g/mol. The summed E-state index contributed by atoms with van der Waals surface area (Å²) >= 11 is 3.78. The molecule has 0 aromatic rings. The van der Waals surface area contributed by atoms with Crippen LogP contribution in [-0.4, -0.2) is 41.1 Å². The van der Waals surface area contributed by atoms with Crippen LogP contribution < -0.4 is 0 Å². The molecule has 0 atom stereocenters. The van der Waals surface area contributed by atoms with E-state index in [1.54, 1.807) is 0 Å². The van der Waals surface area contributed by atoms with Crippen LogP contribution in [0.15, 0.2) is 0 Å². The average Bonchev–Trinajstić information content (AvgIpc) is 2.53. The van der Waals surface area contributed by atoms with Crippen molar-refractivity contribution in [2.75, 3.05) is 25.0 Å². The number of halogens is 1. The predicted octanol–water partition coefficient (Wildman–Crippen LogP) is 3.57. The van der Waals surface area contributed by atoms with Gasteiger partial charge in [0.1, 0.15) is 0 Å². The molecule has 0 radical (unpaired) electrons. The molecule has 2 aliphatic rings. The van der Waals surface area contributed by atoms with Crippen LogP contribution in [0, 0.1) is 5.41 Å². The van der Waals surface area contributed by atoms with Gasteiger partial charge >= 0.3 is 0 Å². The molecule has 2 saturated carbocycles. The van der Waals surface area contributed by atoms with Gasteiger partial charge in [0, 0.05) is 24.5 Å². The molecule has 0 aromatic carbocycles. The molecule has 0 unspecified atom stereocenters. The second kappa shape index (κ2) is 7.25. The molecule has 0 aliphatic heterocycles. The highest BCUT2D eigenvalue weighted by Crippen LogP contribution is 2.39. The van der Waals surface area contributed by atoms with E-state index in [1.807, 2.05) is 0 Å². The van der Waals surface area contributed by atoms with Gasteiger partial charge in [0.25, 0.3) is 0 Å². The molecule has 0 bridgehead atoms. The van der Waals surface area contributed by atoms with Crippen LogP contribution in [0.2, 0.25) is 0 Å². The van der Waals surface area contributed by atoms with Crippen LogP contribution in [0.3, 0.4) is 0 Å². The van der Waals surface area contributed by atoms with Crippen molar-refractivity contribution in [3.63, 3.8) is 0 Å². The summed E-state index contributed by atoms with van der Waals surface area (Å²) in [4.78, 5) is 2.58. The number of rotatable bonds is 6. The number of nitrogens with zero attached hydrogens (tertiary/aromatic N) is 1. The molecule has 2 fully saturated rings. The fraction of sp³-hybridized carbons (Fsp3) is 1.00. The Labute approximate surface area is 120 Å². The molecule has 2 aliphatic carbocycles. The zero-order chi connectivity index (χ0) is 12.8. The topological polar surface area (TPSA) is 23.5 Å². The first-order chi connectivity index (χ1) is 8.79. The molecular weight excluding hydrogens is 290 g/mol. The van der Waals surface area contributed by atoms with Crippen molar-refractivity contribution in [3.05, 3.63) is 0 Å². The van der Waals surface area contributed by atoms with Crippen molar-refractivity contribution < 1.29 is 5.11 Å². The van der Waals surface area contributed by atoms with E-state index in [0.717, 1.165) is 17.9 Å². The lowest BCUT2D eigenvalue weighted by Gasteiger charge is -2.43. The van der Waals surface area contributed by atoms with Crippen LogP contribution in [0.5, 0.6) is 0 Å². The van der Waals surface area contributed by atoms with Crippen molar-refractivity contribution in [1.29, 1.82) is 0 Å². The molecule has 1 N–H and O–H groups in total. The van der Waals surface area contributed by atoms with Crippen molar-refractivity contribution in [3.8, 4) is 0 Å². The summed E-state index contributed by atoms with van der Waals surface area (Å²) in [6, 6.07) is 0.760. The van der Waals surface area contributed by atoms with E-state index in [1.165, 1.54) is 64.3 Å². The summed E-state index contributed by atoms with van der Waals surface area (Å²) in [6.07, 6.45) is 12.4. The van der Waals surface area contributed by atoms with Gasteiger partial charge in [-0.1, -0.05) is 48.0 Å². The molecule has 3 heteroatoms. The van der Waals surface area contributed by atoms with Gasteiger partial charge in [-0.3, -0.25) is 4.90 Å². The Morgan fingerprint density at radius 2 is 1.72 bits per heavy atom. The molecule has 2 nitrogen and oxygen atoms in total. The minimum absolute atomic E-state index is 0.314. The maximum Gasteiger partial charge on any atom is 0.0558 e. The smallest absolute Gasteiger partial charge is 0.0558 e. The number of aliphatic hydroxyl groups is 1. The Morgan fingerprint density at radius 3 is 2.17 bits per heavy atom. The van der Waals surface area contributed by atoms with E-state index in [4.69, 9.17) is 0 Å². The van der Waals surface area contributed by atoms with Crippen LogP contribution in [0.25, 0.3) is 0 Å². The van der Waals surface area contributed by atoms with Gasteiger partial charge in [0.2, 0.25) is 0 Å². The largest absolute Gasteiger partial charge is 0.395 e. The van der Waals surface area contributed by atoms with Gasteiger partial charge in [0.05, 0.1) is 6.61 Å². The minimum Gasteiger partial charge on any atom is -0.395 e. The monoisotopic (exact) mass is 317 g/mol. The second-order valence-electron chi connectivity index (χ2n) is 6.33. The first-order valence-corrected chi connectivity index (χ1v) is 8.83. The molecule has 0 heterocycles. The van der Waals surface area contributed by atoms with Crippen molar-refractivity contribution in [2.45, 2.75) is 63.8 Å². The fourth-order valence-corrected chi connectivity index (χ4v) is 4.25. The van der Waals surface area contributed by atoms with E-state index in [0.29, 0.717) is 12.0 Å². The summed E-state index contributed by atoms with van der Waals surface area (Å²) in [5.74, 6) is 0. The molecule has 18 heavy (non-hydrogen) atoms. The lowest BCUT2D eigenvalue weighted by atomic mass is 9.80. The quantitative estimate of drug-likeness (QED) is 0.598. The highest BCUT2D eigenvalue weighted by Gasteiger charge is 2.35. The normalized spacial score (nSPS) is 24.8. The van der Waals surface area contributed by atoms with E-state index in [9.17, 15) is 5.11 Å². The number of hydrogen-bond donors (Lipinski definition) is 1. The minimum atomic E-state index is 0.314. The molecule has 2 rings (SSSR count). The Kier molecular flexibility index (Phi) is 5.96. The number of hydrogen-bond acceptors (Lipinski definition) is 2. The van der Waals surface area contributed by atoms with E-state index in [2.05, 4.69) is 20.8 Å². The van der Waals surface area contributed by atoms with Crippen LogP contribution >= 0.6 is 15.9 Å².